The number of halogens is 1. The number of piperazine rings is 1. The van der Waals surface area contributed by atoms with Crippen molar-refractivity contribution in [1.82, 2.24) is 9.80 Å². The van der Waals surface area contributed by atoms with Gasteiger partial charge in [-0.05, 0) is 30.3 Å². The van der Waals surface area contributed by atoms with Crippen LogP contribution in [0, 0.1) is 0 Å². The lowest BCUT2D eigenvalue weighted by molar-refractivity contribution is -0.117. The molecule has 0 aromatic heterocycles. The predicted molar refractivity (Wildman–Crippen MR) is 112 cm³/mol. The summed E-state index contributed by atoms with van der Waals surface area (Å²) in [6.45, 7) is 2.51. The molecular formula is C21H24ClN3O4. The number of nitrogens with one attached hydrogen (secondary N) is 1. The van der Waals surface area contributed by atoms with E-state index in [1.54, 1.807) is 42.3 Å². The first-order valence-corrected chi connectivity index (χ1v) is 9.67. The van der Waals surface area contributed by atoms with Gasteiger partial charge in [0.1, 0.15) is 11.5 Å². The monoisotopic (exact) mass is 417 g/mol. The number of nitrogens with zero attached hydrogens (tertiary/aromatic N) is 2. The van der Waals surface area contributed by atoms with E-state index >= 15 is 0 Å². The van der Waals surface area contributed by atoms with E-state index in [-0.39, 0.29) is 18.4 Å². The standard InChI is InChI=1S/C21H24ClN3O4/c1-28-15-7-8-19(29-2)16(13-15)21(27)25-11-9-24(10-12-25)14-20(26)23-18-6-4-3-5-17(18)22/h3-8,13H,9-12,14H2,1-2H3,(H,23,26). The van der Waals surface area contributed by atoms with Gasteiger partial charge in [-0.1, -0.05) is 23.7 Å². The Hall–Kier alpha value is -2.77. The second-order valence-corrected chi connectivity index (χ2v) is 7.07. The number of hydrogen-bond acceptors (Lipinski definition) is 5. The Labute approximate surface area is 175 Å². The Kier molecular flexibility index (Phi) is 6.95. The lowest BCUT2D eigenvalue weighted by atomic mass is 10.1. The van der Waals surface area contributed by atoms with E-state index in [9.17, 15) is 9.59 Å². The minimum absolute atomic E-state index is 0.110. The number of carbonyl (C=O) groups excluding carboxylic acids is 2. The lowest BCUT2D eigenvalue weighted by Gasteiger charge is -2.34. The van der Waals surface area contributed by atoms with Gasteiger partial charge in [0.15, 0.2) is 0 Å². The van der Waals surface area contributed by atoms with Gasteiger partial charge >= 0.3 is 0 Å². The molecule has 0 unspecified atom stereocenters. The van der Waals surface area contributed by atoms with Crippen LogP contribution in [0.4, 0.5) is 5.69 Å². The van der Waals surface area contributed by atoms with Crippen molar-refractivity contribution in [3.8, 4) is 11.5 Å². The van der Waals surface area contributed by atoms with E-state index in [2.05, 4.69) is 5.32 Å². The molecule has 0 spiro atoms. The molecule has 0 atom stereocenters. The molecule has 3 rings (SSSR count). The van der Waals surface area contributed by atoms with Crippen LogP contribution in [0.5, 0.6) is 11.5 Å². The summed E-state index contributed by atoms with van der Waals surface area (Å²) in [7, 11) is 3.09. The van der Waals surface area contributed by atoms with Gasteiger partial charge in [-0.3, -0.25) is 14.5 Å². The molecule has 7 nitrogen and oxygen atoms in total. The van der Waals surface area contributed by atoms with Crippen LogP contribution < -0.4 is 14.8 Å². The van der Waals surface area contributed by atoms with Crippen molar-refractivity contribution in [2.24, 2.45) is 0 Å². The summed E-state index contributed by atoms with van der Waals surface area (Å²) < 4.78 is 10.5. The van der Waals surface area contributed by atoms with Crippen LogP contribution in [-0.4, -0.2) is 68.6 Å². The third-order valence-electron chi connectivity index (χ3n) is 4.81. The molecule has 8 heteroatoms. The fourth-order valence-electron chi connectivity index (χ4n) is 3.22. The van der Waals surface area contributed by atoms with E-state index < -0.39 is 0 Å². The molecule has 1 fully saturated rings. The Bertz CT molecular complexity index is 882. The smallest absolute Gasteiger partial charge is 0.257 e. The van der Waals surface area contributed by atoms with E-state index in [0.29, 0.717) is 54.0 Å². The van der Waals surface area contributed by atoms with Gasteiger partial charge in [-0.25, -0.2) is 0 Å². The summed E-state index contributed by atoms with van der Waals surface area (Å²) in [6.07, 6.45) is 0. The number of anilines is 1. The molecule has 1 saturated heterocycles. The highest BCUT2D eigenvalue weighted by molar-refractivity contribution is 6.33. The topological polar surface area (TPSA) is 71.1 Å². The second kappa shape index (κ2) is 9.62. The third-order valence-corrected chi connectivity index (χ3v) is 5.14. The molecule has 2 amide bonds. The van der Waals surface area contributed by atoms with Crippen LogP contribution in [0.1, 0.15) is 10.4 Å². The normalized spacial score (nSPS) is 14.4. The van der Waals surface area contributed by atoms with E-state index in [1.165, 1.54) is 7.11 Å². The second-order valence-electron chi connectivity index (χ2n) is 6.66. The van der Waals surface area contributed by atoms with Gasteiger partial charge < -0.3 is 19.7 Å². The van der Waals surface area contributed by atoms with E-state index in [1.807, 2.05) is 17.0 Å². The molecule has 1 heterocycles. The Morgan fingerprint density at radius 2 is 1.76 bits per heavy atom. The van der Waals surface area contributed by atoms with Crippen LogP contribution in [0.15, 0.2) is 42.5 Å². The Balaban J connectivity index is 1.56. The number of ether oxygens (including phenoxy) is 2. The molecule has 2 aromatic carbocycles. The molecule has 0 radical (unpaired) electrons. The number of amides is 2. The lowest BCUT2D eigenvalue weighted by Crippen LogP contribution is -2.50. The first-order valence-electron chi connectivity index (χ1n) is 9.30. The summed E-state index contributed by atoms with van der Waals surface area (Å²) in [5.41, 5.74) is 1.06. The van der Waals surface area contributed by atoms with Crippen molar-refractivity contribution in [2.75, 3.05) is 52.3 Å². The minimum Gasteiger partial charge on any atom is -0.497 e. The zero-order chi connectivity index (χ0) is 20.8. The van der Waals surface area contributed by atoms with Crippen molar-refractivity contribution in [2.45, 2.75) is 0 Å². The van der Waals surface area contributed by atoms with Crippen molar-refractivity contribution >= 4 is 29.1 Å². The zero-order valence-electron chi connectivity index (χ0n) is 16.5. The molecule has 1 N–H and O–H groups in total. The number of hydrogen-bond donors (Lipinski definition) is 1. The van der Waals surface area contributed by atoms with Crippen LogP contribution in [-0.2, 0) is 4.79 Å². The van der Waals surface area contributed by atoms with Crippen molar-refractivity contribution in [1.29, 1.82) is 0 Å². The van der Waals surface area contributed by atoms with Gasteiger partial charge in [0.05, 0.1) is 37.0 Å². The van der Waals surface area contributed by atoms with Crippen molar-refractivity contribution in [3.05, 3.63) is 53.1 Å². The summed E-state index contributed by atoms with van der Waals surface area (Å²) in [5.74, 6) is 0.870. The van der Waals surface area contributed by atoms with Crippen molar-refractivity contribution < 1.29 is 19.1 Å². The summed E-state index contributed by atoms with van der Waals surface area (Å²) in [5, 5.41) is 3.32. The number of rotatable bonds is 6. The summed E-state index contributed by atoms with van der Waals surface area (Å²) in [4.78, 5) is 29.0. The molecule has 154 valence electrons. The molecule has 0 saturated carbocycles. The van der Waals surface area contributed by atoms with Crippen molar-refractivity contribution in [3.63, 3.8) is 0 Å². The molecule has 2 aromatic rings. The molecule has 0 aliphatic carbocycles. The zero-order valence-corrected chi connectivity index (χ0v) is 17.2. The molecule has 1 aliphatic heterocycles. The SMILES string of the molecule is COc1ccc(OC)c(C(=O)N2CCN(CC(=O)Nc3ccccc3Cl)CC2)c1. The van der Waals surface area contributed by atoms with Crippen LogP contribution >= 0.6 is 11.6 Å². The van der Waals surface area contributed by atoms with Crippen LogP contribution in [0.3, 0.4) is 0 Å². The van der Waals surface area contributed by atoms with Gasteiger partial charge in [0, 0.05) is 26.2 Å². The van der Waals surface area contributed by atoms with E-state index in [0.717, 1.165) is 0 Å². The Morgan fingerprint density at radius 1 is 1.03 bits per heavy atom. The summed E-state index contributed by atoms with van der Waals surface area (Å²) in [6, 6.07) is 12.3. The first-order chi connectivity index (χ1) is 14.0. The minimum atomic E-state index is -0.132. The van der Waals surface area contributed by atoms with Gasteiger partial charge in [0.25, 0.3) is 5.91 Å². The van der Waals surface area contributed by atoms with Gasteiger partial charge in [-0.15, -0.1) is 0 Å². The molecule has 1 aliphatic rings. The van der Waals surface area contributed by atoms with Gasteiger partial charge in [-0.2, -0.15) is 0 Å². The maximum atomic E-state index is 12.9. The molecule has 0 bridgehead atoms. The highest BCUT2D eigenvalue weighted by Crippen LogP contribution is 2.26. The number of benzene rings is 2. The molecular weight excluding hydrogens is 394 g/mol. The largest absolute Gasteiger partial charge is 0.497 e. The summed E-state index contributed by atoms with van der Waals surface area (Å²) >= 11 is 6.08. The van der Waals surface area contributed by atoms with Crippen LogP contribution in [0.2, 0.25) is 5.02 Å². The highest BCUT2D eigenvalue weighted by Gasteiger charge is 2.25. The maximum Gasteiger partial charge on any atom is 0.257 e. The fraction of sp³-hybridized carbons (Fsp3) is 0.333. The maximum absolute atomic E-state index is 12.9. The van der Waals surface area contributed by atoms with Crippen LogP contribution in [0.25, 0.3) is 0 Å². The first kappa shape index (κ1) is 21.0. The Morgan fingerprint density at radius 3 is 2.41 bits per heavy atom. The quantitative estimate of drug-likeness (QED) is 0.782. The van der Waals surface area contributed by atoms with E-state index in [4.69, 9.17) is 21.1 Å². The highest BCUT2D eigenvalue weighted by atomic mass is 35.5. The van der Waals surface area contributed by atoms with Gasteiger partial charge in [0.2, 0.25) is 5.91 Å². The fourth-order valence-corrected chi connectivity index (χ4v) is 3.40. The average molecular weight is 418 g/mol. The number of carbonyl (C=O) groups is 2. The number of para-hydroxylation sites is 1. The average Bonchev–Trinajstić information content (AvgIpc) is 2.75. The molecule has 29 heavy (non-hydrogen) atoms. The predicted octanol–water partition coefficient (Wildman–Crippen LogP) is 2.75. The third kappa shape index (κ3) is 5.19. The number of methoxy groups -OCH3 is 2.